The van der Waals surface area contributed by atoms with E-state index in [-0.39, 0.29) is 17.6 Å². The van der Waals surface area contributed by atoms with E-state index in [4.69, 9.17) is 0 Å². The van der Waals surface area contributed by atoms with E-state index in [9.17, 15) is 9.59 Å². The summed E-state index contributed by atoms with van der Waals surface area (Å²) in [6.45, 7) is 7.42. The first kappa shape index (κ1) is 19.1. The average Bonchev–Trinajstić information content (AvgIpc) is 3.01. The summed E-state index contributed by atoms with van der Waals surface area (Å²) in [4.78, 5) is 23.4. The van der Waals surface area contributed by atoms with Gasteiger partial charge in [0.2, 0.25) is 5.91 Å². The van der Waals surface area contributed by atoms with Crippen LogP contribution < -0.4 is 5.32 Å². The number of carbonyl (C=O) groups excluding carboxylic acids is 2. The molecule has 6 nitrogen and oxygen atoms in total. The number of carbonyl (C=O) groups is 2. The van der Waals surface area contributed by atoms with Crippen molar-refractivity contribution in [1.82, 2.24) is 20.3 Å². The number of ketones is 1. The molecular weight excluding hydrogens is 292 g/mol. The highest BCUT2D eigenvalue weighted by molar-refractivity contribution is 5.98. The lowest BCUT2D eigenvalue weighted by Crippen LogP contribution is -2.22. The molecule has 0 aliphatic rings. The number of rotatable bonds is 11. The maximum Gasteiger partial charge on any atom is 0.244 e. The smallest absolute Gasteiger partial charge is 0.244 e. The number of hydrogen-bond donors (Lipinski definition) is 1. The number of hydrogen-bond acceptors (Lipinski definition) is 4. The predicted octanol–water partition coefficient (Wildman–Crippen LogP) is 2.30. The highest BCUT2D eigenvalue weighted by Gasteiger charge is 2.10. The largest absolute Gasteiger partial charge is 0.353 e. The molecule has 0 saturated carbocycles. The van der Waals surface area contributed by atoms with Gasteiger partial charge in [-0.3, -0.25) is 14.3 Å². The van der Waals surface area contributed by atoms with E-state index >= 15 is 0 Å². The van der Waals surface area contributed by atoms with Crippen molar-refractivity contribution in [3.05, 3.63) is 24.0 Å². The molecule has 0 unspecified atom stereocenters. The minimum absolute atomic E-state index is 0.0237. The lowest BCUT2D eigenvalue weighted by Gasteiger charge is -2.06. The van der Waals surface area contributed by atoms with Gasteiger partial charge in [0.05, 0.1) is 5.69 Å². The summed E-state index contributed by atoms with van der Waals surface area (Å²) in [5, 5.41) is 10.9. The first-order valence-corrected chi connectivity index (χ1v) is 8.49. The number of aryl methyl sites for hydroxylation is 2. The second-order valence-electron chi connectivity index (χ2n) is 5.56. The zero-order chi connectivity index (χ0) is 17.1. The van der Waals surface area contributed by atoms with E-state index in [1.54, 1.807) is 4.68 Å². The van der Waals surface area contributed by atoms with E-state index in [0.717, 1.165) is 44.3 Å². The first-order valence-electron chi connectivity index (χ1n) is 8.49. The third-order valence-corrected chi connectivity index (χ3v) is 3.86. The van der Waals surface area contributed by atoms with Gasteiger partial charge < -0.3 is 5.32 Å². The molecule has 1 N–H and O–H groups in total. The van der Waals surface area contributed by atoms with Crippen molar-refractivity contribution in [1.29, 1.82) is 0 Å². The summed E-state index contributed by atoms with van der Waals surface area (Å²) in [5.74, 6) is -0.152. The van der Waals surface area contributed by atoms with E-state index in [1.807, 2.05) is 27.0 Å². The molecule has 0 aliphatic carbocycles. The molecule has 0 spiro atoms. The van der Waals surface area contributed by atoms with Crippen LogP contribution in [0.25, 0.3) is 0 Å². The minimum Gasteiger partial charge on any atom is -0.353 e. The first-order chi connectivity index (χ1) is 11.1. The number of nitrogens with one attached hydrogen (secondary N) is 1. The van der Waals surface area contributed by atoms with Crippen LogP contribution in [0.15, 0.2) is 18.3 Å². The molecule has 0 atom stereocenters. The van der Waals surface area contributed by atoms with Crippen LogP contribution in [0.1, 0.15) is 52.1 Å². The molecule has 6 heteroatoms. The number of nitrogens with zero attached hydrogens (tertiary/aromatic N) is 3. The molecule has 1 amide bonds. The molecule has 1 aromatic heterocycles. The molecule has 0 aromatic carbocycles. The Bertz CT molecular complexity index is 518. The topological polar surface area (TPSA) is 76.9 Å². The van der Waals surface area contributed by atoms with Crippen LogP contribution in [0, 0.1) is 5.92 Å². The molecule has 1 heterocycles. The van der Waals surface area contributed by atoms with Gasteiger partial charge in [0.1, 0.15) is 0 Å². The summed E-state index contributed by atoms with van der Waals surface area (Å²) in [6.07, 6.45) is 8.99. The Morgan fingerprint density at radius 3 is 2.57 bits per heavy atom. The van der Waals surface area contributed by atoms with Gasteiger partial charge in [-0.25, -0.2) is 0 Å². The van der Waals surface area contributed by atoms with Gasteiger partial charge in [-0.05, 0) is 45.1 Å². The molecule has 0 fully saturated rings. The summed E-state index contributed by atoms with van der Waals surface area (Å²) < 4.78 is 1.80. The van der Waals surface area contributed by atoms with Gasteiger partial charge in [0, 0.05) is 31.3 Å². The maximum atomic E-state index is 11.8. The Hall–Kier alpha value is -1.98. The Kier molecular flexibility index (Phi) is 8.87. The standard InChI is InChI=1S/C17H28N4O2/c1-4-14(5-2)16(22)10-11-17(23)18-12-8-7-9-15-13-21(6-3)20-19-15/h10-11,13-14H,4-9,12H2,1-3H3,(H,18,23)/b11-10+. The van der Waals surface area contributed by atoms with Crippen molar-refractivity contribution in [2.45, 2.75) is 59.4 Å². The Balaban J connectivity index is 2.17. The number of allylic oxidation sites excluding steroid dienone is 1. The van der Waals surface area contributed by atoms with Crippen LogP contribution in [0.5, 0.6) is 0 Å². The average molecular weight is 320 g/mol. The fourth-order valence-corrected chi connectivity index (χ4v) is 2.29. The molecule has 0 aliphatic heterocycles. The van der Waals surface area contributed by atoms with Gasteiger partial charge in [0.25, 0.3) is 0 Å². The normalized spacial score (nSPS) is 11.3. The lowest BCUT2D eigenvalue weighted by atomic mass is 9.98. The summed E-state index contributed by atoms with van der Waals surface area (Å²) in [6, 6.07) is 0. The van der Waals surface area contributed by atoms with Gasteiger partial charge in [0.15, 0.2) is 5.78 Å². The fourth-order valence-electron chi connectivity index (χ4n) is 2.29. The molecular formula is C17H28N4O2. The Labute approximate surface area is 138 Å². The van der Waals surface area contributed by atoms with Crippen LogP contribution in [0.2, 0.25) is 0 Å². The zero-order valence-corrected chi connectivity index (χ0v) is 14.4. The third kappa shape index (κ3) is 7.21. The molecule has 23 heavy (non-hydrogen) atoms. The minimum atomic E-state index is -0.207. The van der Waals surface area contributed by atoms with Crippen molar-refractivity contribution < 1.29 is 9.59 Å². The van der Waals surface area contributed by atoms with E-state index in [0.29, 0.717) is 6.54 Å². The Morgan fingerprint density at radius 2 is 1.96 bits per heavy atom. The van der Waals surface area contributed by atoms with Crippen molar-refractivity contribution in [2.24, 2.45) is 5.92 Å². The van der Waals surface area contributed by atoms with E-state index < -0.39 is 0 Å². The highest BCUT2D eigenvalue weighted by atomic mass is 16.1. The third-order valence-electron chi connectivity index (χ3n) is 3.86. The van der Waals surface area contributed by atoms with Crippen molar-refractivity contribution in [2.75, 3.05) is 6.54 Å². The van der Waals surface area contributed by atoms with Crippen molar-refractivity contribution in [3.63, 3.8) is 0 Å². The fraction of sp³-hybridized carbons (Fsp3) is 0.647. The van der Waals surface area contributed by atoms with Crippen molar-refractivity contribution >= 4 is 11.7 Å². The van der Waals surface area contributed by atoms with Gasteiger partial charge in [-0.2, -0.15) is 0 Å². The highest BCUT2D eigenvalue weighted by Crippen LogP contribution is 2.09. The number of aromatic nitrogens is 3. The molecule has 1 rings (SSSR count). The van der Waals surface area contributed by atoms with Crippen LogP contribution >= 0.6 is 0 Å². The summed E-state index contributed by atoms with van der Waals surface area (Å²) >= 11 is 0. The van der Waals surface area contributed by atoms with E-state index in [1.165, 1.54) is 12.2 Å². The predicted molar refractivity (Wildman–Crippen MR) is 89.9 cm³/mol. The lowest BCUT2D eigenvalue weighted by molar-refractivity contribution is -0.119. The monoisotopic (exact) mass is 320 g/mol. The number of amides is 1. The van der Waals surface area contributed by atoms with Crippen molar-refractivity contribution in [3.8, 4) is 0 Å². The van der Waals surface area contributed by atoms with Gasteiger partial charge in [-0.15, -0.1) is 5.10 Å². The summed E-state index contributed by atoms with van der Waals surface area (Å²) in [5.41, 5.74) is 0.980. The molecule has 1 aromatic rings. The molecule has 0 radical (unpaired) electrons. The van der Waals surface area contributed by atoms with Gasteiger partial charge >= 0.3 is 0 Å². The maximum absolute atomic E-state index is 11.8. The van der Waals surface area contributed by atoms with Crippen LogP contribution in [0.4, 0.5) is 0 Å². The quantitative estimate of drug-likeness (QED) is 0.501. The SMILES string of the molecule is CCC(CC)C(=O)/C=C/C(=O)NCCCCc1cn(CC)nn1. The van der Waals surface area contributed by atoms with Gasteiger partial charge in [-0.1, -0.05) is 19.1 Å². The molecule has 0 bridgehead atoms. The zero-order valence-electron chi connectivity index (χ0n) is 14.4. The molecule has 128 valence electrons. The van der Waals surface area contributed by atoms with E-state index in [2.05, 4.69) is 15.6 Å². The number of unbranched alkanes of at least 4 members (excludes halogenated alkanes) is 1. The van der Waals surface area contributed by atoms with Crippen LogP contribution in [-0.4, -0.2) is 33.2 Å². The Morgan fingerprint density at radius 1 is 1.22 bits per heavy atom. The van der Waals surface area contributed by atoms with Crippen LogP contribution in [0.3, 0.4) is 0 Å². The second kappa shape index (κ2) is 10.7. The molecule has 0 saturated heterocycles. The second-order valence-corrected chi connectivity index (χ2v) is 5.56. The summed E-state index contributed by atoms with van der Waals surface area (Å²) in [7, 11) is 0. The van der Waals surface area contributed by atoms with Crippen LogP contribution in [-0.2, 0) is 22.6 Å².